The number of imidazole rings is 1. The van der Waals surface area contributed by atoms with Crippen LogP contribution in [0.25, 0.3) is 11.2 Å². The van der Waals surface area contributed by atoms with Gasteiger partial charge in [-0.2, -0.15) is 0 Å². The van der Waals surface area contributed by atoms with E-state index in [4.69, 9.17) is 4.98 Å². The number of pyridine rings is 1. The Morgan fingerprint density at radius 2 is 2.04 bits per heavy atom. The molecule has 0 aliphatic carbocycles. The number of hydrogen-bond donors (Lipinski definition) is 0. The third-order valence-corrected chi connectivity index (χ3v) is 6.25. The molecule has 2 aromatic heterocycles. The molecule has 1 aromatic carbocycles. The van der Waals surface area contributed by atoms with E-state index in [-0.39, 0.29) is 5.91 Å². The zero-order chi connectivity index (χ0) is 19.5. The van der Waals surface area contributed by atoms with Crippen molar-refractivity contribution in [2.45, 2.75) is 37.6 Å². The van der Waals surface area contributed by atoms with Gasteiger partial charge in [0.25, 0.3) is 0 Å². The van der Waals surface area contributed by atoms with Crippen LogP contribution in [0.3, 0.4) is 0 Å². The standard InChI is InChI=1S/C22H26N4OS/c1-16(2)26-20(24-19-9-6-11-23-22(19)26)13-17-10-12-25(14-17)21(27)15-28-18-7-4-3-5-8-18/h3-9,11,16-17H,10,12-15H2,1-2H3/t17-/m0/s1. The van der Waals surface area contributed by atoms with Crippen molar-refractivity contribution in [3.63, 3.8) is 0 Å². The van der Waals surface area contributed by atoms with E-state index in [9.17, 15) is 4.79 Å². The van der Waals surface area contributed by atoms with Gasteiger partial charge in [0.2, 0.25) is 5.91 Å². The van der Waals surface area contributed by atoms with Crippen molar-refractivity contribution >= 4 is 28.8 Å². The molecular weight excluding hydrogens is 368 g/mol. The Labute approximate surface area is 170 Å². The van der Waals surface area contributed by atoms with Crippen molar-refractivity contribution in [1.82, 2.24) is 19.4 Å². The summed E-state index contributed by atoms with van der Waals surface area (Å²) in [6, 6.07) is 14.4. The van der Waals surface area contributed by atoms with Crippen molar-refractivity contribution in [1.29, 1.82) is 0 Å². The van der Waals surface area contributed by atoms with Gasteiger partial charge in [0, 0.05) is 36.6 Å². The minimum absolute atomic E-state index is 0.232. The lowest BCUT2D eigenvalue weighted by atomic mass is 10.0. The summed E-state index contributed by atoms with van der Waals surface area (Å²) in [5, 5.41) is 0. The molecule has 0 unspecified atom stereocenters. The average Bonchev–Trinajstić information content (AvgIpc) is 3.31. The molecule has 1 aliphatic rings. The molecule has 0 spiro atoms. The molecule has 5 nitrogen and oxygen atoms in total. The van der Waals surface area contributed by atoms with E-state index in [0.717, 1.165) is 47.8 Å². The monoisotopic (exact) mass is 394 g/mol. The molecule has 0 radical (unpaired) electrons. The second-order valence-corrected chi connectivity index (χ2v) is 8.69. The molecule has 3 aromatic rings. The van der Waals surface area contributed by atoms with Gasteiger partial charge in [-0.3, -0.25) is 4.79 Å². The van der Waals surface area contributed by atoms with Crippen LogP contribution in [0.2, 0.25) is 0 Å². The van der Waals surface area contributed by atoms with E-state index in [2.05, 4.69) is 35.5 Å². The highest BCUT2D eigenvalue weighted by Gasteiger charge is 2.28. The lowest BCUT2D eigenvalue weighted by molar-refractivity contribution is -0.127. The first-order chi connectivity index (χ1) is 13.6. The molecule has 6 heteroatoms. The van der Waals surface area contributed by atoms with Crippen molar-refractivity contribution < 1.29 is 4.79 Å². The number of aromatic nitrogens is 3. The fourth-order valence-electron chi connectivity index (χ4n) is 3.90. The summed E-state index contributed by atoms with van der Waals surface area (Å²) >= 11 is 1.61. The number of benzene rings is 1. The third kappa shape index (κ3) is 4.07. The molecule has 1 atom stereocenters. The Balaban J connectivity index is 1.39. The molecule has 146 valence electrons. The SMILES string of the molecule is CC(C)n1c(C[C@@H]2CCN(C(=O)CSc3ccccc3)C2)nc2cccnc21. The van der Waals surface area contributed by atoms with Gasteiger partial charge in [0.05, 0.1) is 5.75 Å². The van der Waals surface area contributed by atoms with E-state index in [1.54, 1.807) is 11.8 Å². The zero-order valence-electron chi connectivity index (χ0n) is 16.4. The lowest BCUT2D eigenvalue weighted by Gasteiger charge is -2.17. The zero-order valence-corrected chi connectivity index (χ0v) is 17.2. The van der Waals surface area contributed by atoms with E-state index >= 15 is 0 Å². The van der Waals surface area contributed by atoms with Gasteiger partial charge in [-0.15, -0.1) is 11.8 Å². The van der Waals surface area contributed by atoms with Gasteiger partial charge in [-0.1, -0.05) is 18.2 Å². The normalized spacial score (nSPS) is 17.0. The van der Waals surface area contributed by atoms with Gasteiger partial charge in [0.1, 0.15) is 11.3 Å². The third-order valence-electron chi connectivity index (χ3n) is 5.25. The minimum atomic E-state index is 0.232. The van der Waals surface area contributed by atoms with Crippen molar-refractivity contribution in [2.24, 2.45) is 5.92 Å². The van der Waals surface area contributed by atoms with E-state index in [1.165, 1.54) is 0 Å². The molecule has 3 heterocycles. The van der Waals surface area contributed by atoms with Crippen LogP contribution in [-0.2, 0) is 11.2 Å². The van der Waals surface area contributed by atoms with Gasteiger partial charge in [-0.05, 0) is 50.5 Å². The Morgan fingerprint density at radius 1 is 1.21 bits per heavy atom. The van der Waals surface area contributed by atoms with Crippen molar-refractivity contribution in [3.05, 3.63) is 54.5 Å². The van der Waals surface area contributed by atoms with E-state index in [1.807, 2.05) is 41.4 Å². The lowest BCUT2D eigenvalue weighted by Crippen LogP contribution is -2.30. The predicted molar refractivity (Wildman–Crippen MR) is 113 cm³/mol. The smallest absolute Gasteiger partial charge is 0.232 e. The molecule has 1 aliphatic heterocycles. The second-order valence-electron chi connectivity index (χ2n) is 7.64. The van der Waals surface area contributed by atoms with Gasteiger partial charge in [-0.25, -0.2) is 9.97 Å². The molecule has 28 heavy (non-hydrogen) atoms. The summed E-state index contributed by atoms with van der Waals surface area (Å²) in [7, 11) is 0. The number of hydrogen-bond acceptors (Lipinski definition) is 4. The van der Waals surface area contributed by atoms with Gasteiger partial charge >= 0.3 is 0 Å². The van der Waals surface area contributed by atoms with Crippen LogP contribution in [0.15, 0.2) is 53.6 Å². The van der Waals surface area contributed by atoms with Crippen LogP contribution in [0.4, 0.5) is 0 Å². The molecule has 4 rings (SSSR count). The largest absolute Gasteiger partial charge is 0.342 e. The summed E-state index contributed by atoms with van der Waals surface area (Å²) in [4.78, 5) is 25.1. The number of fused-ring (bicyclic) bond motifs is 1. The summed E-state index contributed by atoms with van der Waals surface area (Å²) in [6.07, 6.45) is 3.76. The van der Waals surface area contributed by atoms with E-state index < -0.39 is 0 Å². The van der Waals surface area contributed by atoms with Crippen LogP contribution >= 0.6 is 11.8 Å². The second kappa shape index (κ2) is 8.35. The molecule has 1 amide bonds. The van der Waals surface area contributed by atoms with Crippen molar-refractivity contribution in [2.75, 3.05) is 18.8 Å². The maximum Gasteiger partial charge on any atom is 0.232 e. The maximum atomic E-state index is 12.6. The summed E-state index contributed by atoms with van der Waals surface area (Å²) < 4.78 is 2.24. The number of nitrogens with zero attached hydrogens (tertiary/aromatic N) is 4. The first-order valence-electron chi connectivity index (χ1n) is 9.89. The number of rotatable bonds is 6. The van der Waals surface area contributed by atoms with Crippen molar-refractivity contribution in [3.8, 4) is 0 Å². The average molecular weight is 395 g/mol. The highest BCUT2D eigenvalue weighted by atomic mass is 32.2. The summed E-state index contributed by atoms with van der Waals surface area (Å²) in [5.74, 6) is 2.28. The summed E-state index contributed by atoms with van der Waals surface area (Å²) in [5.41, 5.74) is 1.91. The highest BCUT2D eigenvalue weighted by molar-refractivity contribution is 8.00. The number of amides is 1. The van der Waals surface area contributed by atoms with Crippen LogP contribution < -0.4 is 0 Å². The number of likely N-dealkylation sites (tertiary alicyclic amines) is 1. The molecular formula is C22H26N4OS. The molecule has 1 saturated heterocycles. The number of carbonyl (C=O) groups is 1. The summed E-state index contributed by atoms with van der Waals surface area (Å²) in [6.45, 7) is 6.01. The first-order valence-corrected chi connectivity index (χ1v) is 10.9. The van der Waals surface area contributed by atoms with E-state index in [0.29, 0.717) is 17.7 Å². The molecule has 0 saturated carbocycles. The van der Waals surface area contributed by atoms with Gasteiger partial charge < -0.3 is 9.47 Å². The Morgan fingerprint density at radius 3 is 2.82 bits per heavy atom. The fourth-order valence-corrected chi connectivity index (χ4v) is 4.72. The number of carbonyl (C=O) groups excluding carboxylic acids is 1. The Hall–Kier alpha value is -2.34. The highest BCUT2D eigenvalue weighted by Crippen LogP contribution is 2.26. The van der Waals surface area contributed by atoms with Crippen LogP contribution in [0.5, 0.6) is 0 Å². The van der Waals surface area contributed by atoms with Gasteiger partial charge in [0.15, 0.2) is 5.65 Å². The van der Waals surface area contributed by atoms with Crippen LogP contribution in [-0.4, -0.2) is 44.2 Å². The minimum Gasteiger partial charge on any atom is -0.342 e. The fraction of sp³-hybridized carbons (Fsp3) is 0.409. The first kappa shape index (κ1) is 19.0. The maximum absolute atomic E-state index is 12.6. The quantitative estimate of drug-likeness (QED) is 0.588. The predicted octanol–water partition coefficient (Wildman–Crippen LogP) is 4.20. The number of thioether (sulfide) groups is 1. The Bertz CT molecular complexity index is 954. The molecule has 0 N–H and O–H groups in total. The molecule has 0 bridgehead atoms. The van der Waals surface area contributed by atoms with Crippen LogP contribution in [0.1, 0.15) is 32.1 Å². The topological polar surface area (TPSA) is 51.0 Å². The van der Waals surface area contributed by atoms with Crippen LogP contribution in [0, 0.1) is 5.92 Å². The molecule has 1 fully saturated rings. The Kier molecular flexibility index (Phi) is 5.67.